The number of hydrogen-bond acceptors (Lipinski definition) is 16. The molecule has 6 aromatic rings. The summed E-state index contributed by atoms with van der Waals surface area (Å²) in [6.07, 6.45) is 26.1. The predicted molar refractivity (Wildman–Crippen MR) is 283 cm³/mol. The Bertz CT molecular complexity index is 3620. The van der Waals surface area contributed by atoms with E-state index in [0.29, 0.717) is 35.9 Å². The number of sulfonamides is 1. The molecule has 3 saturated carbocycles. The fraction of sp³-hybridized carbons (Fsp3) is 0.345. The van der Waals surface area contributed by atoms with Gasteiger partial charge in [0.1, 0.15) is 29.6 Å². The topological polar surface area (TPSA) is 271 Å². The highest BCUT2D eigenvalue weighted by Crippen LogP contribution is 2.35. The van der Waals surface area contributed by atoms with E-state index in [1.54, 1.807) is 30.7 Å². The number of aromatic nitrogens is 6. The van der Waals surface area contributed by atoms with Crippen LogP contribution in [0.5, 0.6) is 0 Å². The van der Waals surface area contributed by atoms with Crippen LogP contribution in [0.15, 0.2) is 108 Å². The van der Waals surface area contributed by atoms with Crippen LogP contribution in [0.1, 0.15) is 145 Å². The van der Waals surface area contributed by atoms with E-state index in [4.69, 9.17) is 21.2 Å². The minimum Gasteiger partial charge on any atom is -0.274 e. The molecule has 19 nitrogen and oxygen atoms in total. The smallest absolute Gasteiger partial charge is 0.274 e. The lowest BCUT2D eigenvalue weighted by molar-refractivity contribution is -0.125. The van der Waals surface area contributed by atoms with Gasteiger partial charge in [0, 0.05) is 72.2 Å². The highest BCUT2D eigenvalue weighted by molar-refractivity contribution is 8.13. The van der Waals surface area contributed by atoms with Crippen molar-refractivity contribution in [1.82, 2.24) is 34.2 Å². The quantitative estimate of drug-likeness (QED) is 0.0664. The van der Waals surface area contributed by atoms with Crippen molar-refractivity contribution < 1.29 is 53.6 Å². The first-order valence-corrected chi connectivity index (χ1v) is 29.5. The second kappa shape index (κ2) is 26.1. The lowest BCUT2D eigenvalue weighted by atomic mass is 9.84. The number of carbonyl (C=O) groups is 4. The molecular weight excluding hydrogens is 1120 g/mol. The molecule has 0 N–H and O–H groups in total. The summed E-state index contributed by atoms with van der Waals surface area (Å²) in [5.74, 6) is -7.42. The highest BCUT2D eigenvalue weighted by Gasteiger charge is 2.47. The monoisotopic (exact) mass is 1170 g/mol. The molecule has 4 amide bonds. The van der Waals surface area contributed by atoms with E-state index in [-0.39, 0.29) is 47.8 Å². The van der Waals surface area contributed by atoms with Crippen LogP contribution in [-0.2, 0) is 28.7 Å². The van der Waals surface area contributed by atoms with Gasteiger partial charge in [0.05, 0.1) is 56.1 Å². The van der Waals surface area contributed by atoms with Crippen LogP contribution in [0.25, 0.3) is 0 Å². The van der Waals surface area contributed by atoms with Crippen molar-refractivity contribution in [3.05, 3.63) is 155 Å². The summed E-state index contributed by atoms with van der Waals surface area (Å²) >= 11 is 0. The van der Waals surface area contributed by atoms with E-state index in [0.717, 1.165) is 78.4 Å². The van der Waals surface area contributed by atoms with Gasteiger partial charge in [-0.2, -0.15) is 14.8 Å². The zero-order valence-corrected chi connectivity index (χ0v) is 45.4. The number of pyridine rings is 2. The van der Waals surface area contributed by atoms with Gasteiger partial charge in [-0.25, -0.2) is 54.2 Å². The predicted octanol–water partition coefficient (Wildman–Crippen LogP) is 9.36. The third kappa shape index (κ3) is 13.6. The lowest BCUT2D eigenvalue weighted by Gasteiger charge is -2.40. The molecule has 4 aromatic heterocycles. The van der Waals surface area contributed by atoms with Crippen molar-refractivity contribution in [2.24, 2.45) is 5.92 Å². The third-order valence-corrected chi connectivity index (χ3v) is 17.6. The van der Waals surface area contributed by atoms with Gasteiger partial charge in [0.15, 0.2) is 23.3 Å². The zero-order valence-electron chi connectivity index (χ0n) is 43.0. The van der Waals surface area contributed by atoms with Gasteiger partial charge >= 0.3 is 0 Å². The van der Waals surface area contributed by atoms with E-state index < -0.39 is 87.0 Å². The average Bonchev–Trinajstić information content (AvgIpc) is 3.54. The van der Waals surface area contributed by atoms with Gasteiger partial charge in [-0.15, -0.1) is 0 Å². The first-order valence-electron chi connectivity index (χ1n) is 25.8. The minimum absolute atomic E-state index is 0.0774. The second-order valence-electron chi connectivity index (χ2n) is 19.4. The van der Waals surface area contributed by atoms with E-state index in [9.17, 15) is 53.6 Å². The Balaban J connectivity index is 0.000000180. The van der Waals surface area contributed by atoms with E-state index in [2.05, 4.69) is 29.9 Å². The van der Waals surface area contributed by atoms with E-state index in [1.165, 1.54) is 85.8 Å². The summed E-state index contributed by atoms with van der Waals surface area (Å²) in [6.45, 7) is -0.103. The Labute approximate surface area is 468 Å². The summed E-state index contributed by atoms with van der Waals surface area (Å²) in [5, 5.41) is 17.4. The molecule has 2 aromatic carbocycles. The standard InChI is InChI=1S/C27H24F2N6O4S.C21H24N4O2.C7H2ClF2NO2S/c28-21-13-20(12-18(14-30)25(21)29)40(38,39)34-11-8-24(34)27(37)35(19-6-9-31-10-7-19)26(36)23-16-32-22(15-33-23)17-4-2-1-3-5-17;26-20(16-7-4-8-16)25(17-9-11-22-12-10-17)21(27)19-14-23-18(13-24-19)15-5-2-1-3-6-15;8-14(12,13)5-1-4(3-11)7(10)6(9)2-5/h6-7,9-10,12-13,15-17,24H,1-5,8,11H2;9-16H,1-8H2;1-2H/t24-;;/m1../s1. The van der Waals surface area contributed by atoms with Crippen LogP contribution < -0.4 is 9.80 Å². The normalized spacial score (nSPS) is 16.8. The van der Waals surface area contributed by atoms with Gasteiger partial charge in [-0.1, -0.05) is 44.9 Å². The Hall–Kier alpha value is -7.97. The number of imide groups is 2. The van der Waals surface area contributed by atoms with Crippen LogP contribution in [0, 0.1) is 51.8 Å². The average molecular weight is 1170 g/mol. The molecule has 420 valence electrons. The molecule has 1 saturated heterocycles. The summed E-state index contributed by atoms with van der Waals surface area (Å²) in [4.78, 5) is 79.5. The number of carbonyl (C=O) groups excluding carboxylic acids is 4. The number of nitriles is 2. The molecule has 4 fully saturated rings. The third-order valence-electron chi connectivity index (χ3n) is 14.4. The van der Waals surface area contributed by atoms with Crippen molar-refractivity contribution in [1.29, 1.82) is 10.5 Å². The molecule has 1 aliphatic heterocycles. The molecule has 3 aliphatic carbocycles. The van der Waals surface area contributed by atoms with E-state index >= 15 is 0 Å². The SMILES string of the molecule is N#Cc1cc(S(=O)(=O)Cl)cc(F)c1F.N#Cc1cc(S(=O)(=O)N2CC[C@@H]2C(=O)N(C(=O)c2cnc(C3CCCCC3)cn2)c2ccncc2)cc(F)c1F.O=C(c1cnc(C2CCCCC2)cn1)N(C(=O)C1CCC1)c1ccncc1. The van der Waals surface area contributed by atoms with Crippen molar-refractivity contribution in [3.63, 3.8) is 0 Å². The molecule has 0 spiro atoms. The van der Waals surface area contributed by atoms with Crippen LogP contribution in [0.3, 0.4) is 0 Å². The Morgan fingerprint density at radius 3 is 1.36 bits per heavy atom. The van der Waals surface area contributed by atoms with Crippen LogP contribution >= 0.6 is 10.7 Å². The molecule has 1 atom stereocenters. The largest absolute Gasteiger partial charge is 0.285 e. The van der Waals surface area contributed by atoms with Gasteiger partial charge in [-0.3, -0.25) is 39.1 Å². The van der Waals surface area contributed by atoms with Crippen LogP contribution in [-0.4, -0.2) is 87.3 Å². The molecule has 10 rings (SSSR count). The number of rotatable bonds is 11. The number of nitrogens with zero attached hydrogens (tertiary/aromatic N) is 11. The van der Waals surface area contributed by atoms with E-state index in [1.807, 2.05) is 0 Å². The van der Waals surface area contributed by atoms with Crippen LogP contribution in [0.4, 0.5) is 28.9 Å². The number of amides is 4. The molecule has 81 heavy (non-hydrogen) atoms. The molecule has 5 heterocycles. The highest BCUT2D eigenvalue weighted by atomic mass is 35.7. The Kier molecular flexibility index (Phi) is 19.1. The summed E-state index contributed by atoms with van der Waals surface area (Å²) < 4.78 is 102. The van der Waals surface area contributed by atoms with Gasteiger partial charge in [0.2, 0.25) is 15.9 Å². The van der Waals surface area contributed by atoms with Crippen molar-refractivity contribution in [2.45, 2.75) is 118 Å². The number of halogens is 5. The Morgan fingerprint density at radius 1 is 0.556 bits per heavy atom. The maximum Gasteiger partial charge on any atom is 0.285 e. The number of hydrogen-bond donors (Lipinski definition) is 0. The number of anilines is 2. The second-order valence-corrected chi connectivity index (χ2v) is 23.9. The van der Waals surface area contributed by atoms with Crippen molar-refractivity contribution in [2.75, 3.05) is 16.3 Å². The summed E-state index contributed by atoms with van der Waals surface area (Å²) in [7, 11) is -3.79. The fourth-order valence-electron chi connectivity index (χ4n) is 9.62. The molecule has 4 aliphatic rings. The molecular formula is C55H50ClF4N11O8S2. The minimum atomic E-state index is -4.52. The molecule has 0 unspecified atom stereocenters. The maximum absolute atomic E-state index is 14.0. The lowest BCUT2D eigenvalue weighted by Crippen LogP contribution is -2.60. The Morgan fingerprint density at radius 2 is 0.988 bits per heavy atom. The molecule has 0 bridgehead atoms. The van der Waals surface area contributed by atoms with Gasteiger partial charge < -0.3 is 0 Å². The number of benzene rings is 2. The zero-order chi connectivity index (χ0) is 58.0. The van der Waals surface area contributed by atoms with Crippen molar-refractivity contribution >= 4 is 64.8 Å². The van der Waals surface area contributed by atoms with Gasteiger partial charge in [0.25, 0.3) is 26.8 Å². The maximum atomic E-state index is 14.0. The first kappa shape index (κ1) is 59.2. The molecule has 0 radical (unpaired) electrons. The fourth-order valence-corrected chi connectivity index (χ4v) is 12.1. The molecule has 26 heteroatoms. The summed E-state index contributed by atoms with van der Waals surface area (Å²) in [6, 6.07) is 9.87. The van der Waals surface area contributed by atoms with Crippen molar-refractivity contribution in [3.8, 4) is 12.1 Å². The summed E-state index contributed by atoms with van der Waals surface area (Å²) in [5.41, 5.74) is 1.02. The van der Waals surface area contributed by atoms with Gasteiger partial charge in [-0.05, 0) is 93.5 Å². The first-order chi connectivity index (χ1) is 38.8. The van der Waals surface area contributed by atoms with Crippen LogP contribution in [0.2, 0.25) is 0 Å².